The van der Waals surface area contributed by atoms with Crippen LogP contribution in [-0.2, 0) is 0 Å². The first-order valence-corrected chi connectivity index (χ1v) is 8.08. The molecule has 0 amide bonds. The highest BCUT2D eigenvalue weighted by atomic mass is 32.2. The molecule has 22 heavy (non-hydrogen) atoms. The Labute approximate surface area is 134 Å². The van der Waals surface area contributed by atoms with Crippen LogP contribution in [-0.4, -0.2) is 17.2 Å². The first-order chi connectivity index (χ1) is 10.5. The van der Waals surface area contributed by atoms with Gasteiger partial charge in [0.25, 0.3) is 5.66 Å². The average molecular weight is 320 g/mol. The number of unbranched alkanes of at least 4 members (excludes halogenated alkanes) is 1. The molecule has 2 rings (SSSR count). The smallest absolute Gasteiger partial charge is 0.295 e. The molecule has 1 aromatic rings. The number of ether oxygens (including phenoxy) is 1. The van der Waals surface area contributed by atoms with Crippen molar-refractivity contribution in [3.05, 3.63) is 57.5 Å². The number of nitro groups is 1. The second kappa shape index (κ2) is 7.47. The Morgan fingerprint density at radius 3 is 2.68 bits per heavy atom. The number of thioether (sulfide) groups is 1. The number of rotatable bonds is 7. The molecule has 1 aliphatic rings. The third kappa shape index (κ3) is 4.35. The summed E-state index contributed by atoms with van der Waals surface area (Å²) in [7, 11) is 0. The van der Waals surface area contributed by atoms with Crippen molar-refractivity contribution in [3.8, 4) is 5.75 Å². The van der Waals surface area contributed by atoms with Crippen LogP contribution in [0, 0.1) is 10.1 Å². The first kappa shape index (κ1) is 16.6. The summed E-state index contributed by atoms with van der Waals surface area (Å²) in [4.78, 5) is 12.4. The zero-order valence-electron chi connectivity index (χ0n) is 12.5. The summed E-state index contributed by atoms with van der Waals surface area (Å²) in [5, 5.41) is 10.9. The van der Waals surface area contributed by atoms with Crippen LogP contribution in [0.1, 0.15) is 26.2 Å². The van der Waals surface area contributed by atoms with Gasteiger partial charge in [-0.2, -0.15) is 0 Å². The molecule has 1 atom stereocenters. The number of hydrogen-bond donors (Lipinski definition) is 1. The molecule has 0 spiro atoms. The summed E-state index contributed by atoms with van der Waals surface area (Å²) in [5.74, 6) is 0.861. The molecule has 0 saturated carbocycles. The van der Waals surface area contributed by atoms with E-state index in [0.29, 0.717) is 0 Å². The van der Waals surface area contributed by atoms with E-state index >= 15 is 0 Å². The molecule has 0 aliphatic heterocycles. The molecular weight excluding hydrogens is 300 g/mol. The van der Waals surface area contributed by atoms with Gasteiger partial charge >= 0.3 is 0 Å². The molecule has 6 heteroatoms. The van der Waals surface area contributed by atoms with Crippen molar-refractivity contribution in [1.29, 1.82) is 0 Å². The minimum Gasteiger partial charge on any atom is -0.494 e. The molecule has 5 nitrogen and oxygen atoms in total. The van der Waals surface area contributed by atoms with Gasteiger partial charge < -0.3 is 4.74 Å². The molecule has 1 aromatic carbocycles. The highest BCUT2D eigenvalue weighted by Gasteiger charge is 2.35. The van der Waals surface area contributed by atoms with Gasteiger partial charge in [0.2, 0.25) is 0 Å². The third-order valence-corrected chi connectivity index (χ3v) is 4.38. The van der Waals surface area contributed by atoms with Crippen LogP contribution < -0.4 is 10.5 Å². The standard InChI is InChI=1S/C16H20N2O3S/c1-2-3-12-21-13-4-6-14(7-5-13)22-15-8-10-16(17,11-9-15)18(19)20/h4-10H,2-3,11-12,17H2,1H3. The maximum atomic E-state index is 10.9. The monoisotopic (exact) mass is 320 g/mol. The van der Waals surface area contributed by atoms with Gasteiger partial charge in [0.1, 0.15) is 5.75 Å². The van der Waals surface area contributed by atoms with Gasteiger partial charge in [-0.15, -0.1) is 0 Å². The predicted molar refractivity (Wildman–Crippen MR) is 88.5 cm³/mol. The van der Waals surface area contributed by atoms with Crippen molar-refractivity contribution in [2.24, 2.45) is 5.73 Å². The zero-order chi connectivity index (χ0) is 16.0. The van der Waals surface area contributed by atoms with Crippen LogP contribution in [0.4, 0.5) is 0 Å². The Balaban J connectivity index is 1.91. The number of hydrogen-bond acceptors (Lipinski definition) is 5. The summed E-state index contributed by atoms with van der Waals surface area (Å²) in [6.45, 7) is 2.86. The van der Waals surface area contributed by atoms with Crippen molar-refractivity contribution in [3.63, 3.8) is 0 Å². The zero-order valence-corrected chi connectivity index (χ0v) is 13.3. The van der Waals surface area contributed by atoms with E-state index in [4.69, 9.17) is 10.5 Å². The first-order valence-electron chi connectivity index (χ1n) is 7.27. The molecule has 2 N–H and O–H groups in total. The Morgan fingerprint density at radius 1 is 1.41 bits per heavy atom. The second-order valence-electron chi connectivity index (χ2n) is 5.17. The van der Waals surface area contributed by atoms with Gasteiger partial charge in [0.05, 0.1) is 13.0 Å². The Bertz CT molecular complexity index is 584. The van der Waals surface area contributed by atoms with Gasteiger partial charge in [0, 0.05) is 20.8 Å². The lowest BCUT2D eigenvalue weighted by Crippen LogP contribution is -2.46. The Morgan fingerprint density at radius 2 is 2.14 bits per heavy atom. The highest BCUT2D eigenvalue weighted by molar-refractivity contribution is 8.03. The average Bonchev–Trinajstić information content (AvgIpc) is 2.51. The molecule has 0 bridgehead atoms. The fourth-order valence-electron chi connectivity index (χ4n) is 1.91. The van der Waals surface area contributed by atoms with Crippen LogP contribution in [0.2, 0.25) is 0 Å². The van der Waals surface area contributed by atoms with Gasteiger partial charge in [-0.3, -0.25) is 15.8 Å². The fraction of sp³-hybridized carbons (Fsp3) is 0.375. The molecule has 0 fully saturated rings. The number of allylic oxidation sites excluding steroid dienone is 1. The van der Waals surface area contributed by atoms with Crippen LogP contribution in [0.25, 0.3) is 0 Å². The second-order valence-corrected chi connectivity index (χ2v) is 6.31. The van der Waals surface area contributed by atoms with Crippen molar-refractivity contribution in [2.75, 3.05) is 6.61 Å². The summed E-state index contributed by atoms with van der Waals surface area (Å²) >= 11 is 1.55. The summed E-state index contributed by atoms with van der Waals surface area (Å²) in [6.07, 6.45) is 7.34. The van der Waals surface area contributed by atoms with Gasteiger partial charge in [-0.25, -0.2) is 0 Å². The SMILES string of the molecule is CCCCOc1ccc(SC2=CCC(N)([N+](=O)[O-])C=C2)cc1. The van der Waals surface area contributed by atoms with E-state index in [-0.39, 0.29) is 6.42 Å². The lowest BCUT2D eigenvalue weighted by molar-refractivity contribution is -0.553. The lowest BCUT2D eigenvalue weighted by atomic mass is 10.0. The highest BCUT2D eigenvalue weighted by Crippen LogP contribution is 2.33. The molecule has 0 aromatic heterocycles. The minimum absolute atomic E-state index is 0.205. The topological polar surface area (TPSA) is 78.4 Å². The normalized spacial score (nSPS) is 20.5. The van der Waals surface area contributed by atoms with E-state index in [1.807, 2.05) is 24.3 Å². The van der Waals surface area contributed by atoms with Crippen LogP contribution in [0.15, 0.2) is 52.3 Å². The Kier molecular flexibility index (Phi) is 5.63. The largest absolute Gasteiger partial charge is 0.494 e. The van der Waals surface area contributed by atoms with E-state index < -0.39 is 10.6 Å². The lowest BCUT2D eigenvalue weighted by Gasteiger charge is -2.18. The van der Waals surface area contributed by atoms with Gasteiger partial charge in [-0.1, -0.05) is 31.2 Å². The molecular formula is C16H20N2O3S. The van der Waals surface area contributed by atoms with E-state index in [1.165, 1.54) is 6.08 Å². The maximum Gasteiger partial charge on any atom is 0.295 e. The number of nitrogens with zero attached hydrogens (tertiary/aromatic N) is 1. The van der Waals surface area contributed by atoms with E-state index in [0.717, 1.165) is 35.0 Å². The molecule has 0 radical (unpaired) electrons. The molecule has 1 unspecified atom stereocenters. The Hall–Kier alpha value is -1.79. The van der Waals surface area contributed by atoms with Crippen LogP contribution in [0.5, 0.6) is 5.75 Å². The molecule has 1 aliphatic carbocycles. The predicted octanol–water partition coefficient (Wildman–Crippen LogP) is 3.73. The third-order valence-electron chi connectivity index (χ3n) is 3.33. The van der Waals surface area contributed by atoms with Crippen molar-refractivity contribution >= 4 is 11.8 Å². The quantitative estimate of drug-likeness (QED) is 0.358. The van der Waals surface area contributed by atoms with Crippen LogP contribution >= 0.6 is 11.8 Å². The van der Waals surface area contributed by atoms with E-state index in [9.17, 15) is 10.1 Å². The van der Waals surface area contributed by atoms with Gasteiger partial charge in [0.15, 0.2) is 0 Å². The van der Waals surface area contributed by atoms with E-state index in [2.05, 4.69) is 6.92 Å². The minimum atomic E-state index is -1.47. The van der Waals surface area contributed by atoms with Crippen molar-refractivity contribution in [2.45, 2.75) is 36.7 Å². The molecule has 0 heterocycles. The fourth-order valence-corrected chi connectivity index (χ4v) is 2.76. The van der Waals surface area contributed by atoms with Crippen LogP contribution in [0.3, 0.4) is 0 Å². The summed E-state index contributed by atoms with van der Waals surface area (Å²) in [5.41, 5.74) is 4.21. The molecule has 0 saturated heterocycles. The molecule has 118 valence electrons. The number of nitrogens with two attached hydrogens (primary N) is 1. The van der Waals surface area contributed by atoms with Crippen molar-refractivity contribution in [1.82, 2.24) is 0 Å². The summed E-state index contributed by atoms with van der Waals surface area (Å²) < 4.78 is 5.62. The maximum absolute atomic E-state index is 10.9. The van der Waals surface area contributed by atoms with E-state index in [1.54, 1.807) is 23.9 Å². The number of benzene rings is 1. The van der Waals surface area contributed by atoms with Gasteiger partial charge in [-0.05, 0) is 36.8 Å². The van der Waals surface area contributed by atoms with Crippen molar-refractivity contribution < 1.29 is 9.66 Å². The summed E-state index contributed by atoms with van der Waals surface area (Å²) in [6, 6.07) is 7.85.